The average Bonchev–Trinajstić information content (AvgIpc) is 2.43. The normalized spacial score (nSPS) is 26.5. The van der Waals surface area contributed by atoms with Gasteiger partial charge in [0.25, 0.3) is 0 Å². The third kappa shape index (κ3) is 3.22. The molecule has 1 aliphatic rings. The second-order valence-corrected chi connectivity index (χ2v) is 5.18. The van der Waals surface area contributed by atoms with E-state index in [-0.39, 0.29) is 12.1 Å². The van der Waals surface area contributed by atoms with Gasteiger partial charge in [0.05, 0.1) is 6.04 Å². The molecule has 0 saturated carbocycles. The SMILES string of the molecule is C[C@H]1C[C@@H](C=O)N(C(=O)OC(C)(C)C)C1. The van der Waals surface area contributed by atoms with Crippen molar-refractivity contribution in [1.82, 2.24) is 4.90 Å². The first kappa shape index (κ1) is 12.0. The summed E-state index contributed by atoms with van der Waals surface area (Å²) in [5, 5.41) is 0. The minimum atomic E-state index is -0.504. The van der Waals surface area contributed by atoms with Gasteiger partial charge in [-0.15, -0.1) is 0 Å². The molecule has 1 fully saturated rings. The van der Waals surface area contributed by atoms with Crippen molar-refractivity contribution in [3.05, 3.63) is 0 Å². The number of aldehydes is 1. The quantitative estimate of drug-likeness (QED) is 0.624. The van der Waals surface area contributed by atoms with Crippen LogP contribution in [0.4, 0.5) is 4.79 Å². The molecule has 1 heterocycles. The van der Waals surface area contributed by atoms with Crippen LogP contribution >= 0.6 is 0 Å². The first-order valence-corrected chi connectivity index (χ1v) is 5.28. The number of carbonyl (C=O) groups is 2. The highest BCUT2D eigenvalue weighted by atomic mass is 16.6. The molecule has 0 bridgehead atoms. The number of hydrogen-bond donors (Lipinski definition) is 0. The Labute approximate surface area is 90.6 Å². The summed E-state index contributed by atoms with van der Waals surface area (Å²) in [6, 6.07) is -0.310. The molecule has 0 spiro atoms. The Hall–Kier alpha value is -1.06. The number of rotatable bonds is 1. The zero-order chi connectivity index (χ0) is 11.6. The minimum Gasteiger partial charge on any atom is -0.444 e. The van der Waals surface area contributed by atoms with Crippen LogP contribution in [0, 0.1) is 5.92 Å². The second kappa shape index (κ2) is 4.21. The van der Waals surface area contributed by atoms with Crippen molar-refractivity contribution in [3.63, 3.8) is 0 Å². The van der Waals surface area contributed by atoms with Crippen molar-refractivity contribution in [2.24, 2.45) is 5.92 Å². The maximum atomic E-state index is 11.7. The van der Waals surface area contributed by atoms with Gasteiger partial charge in [0.2, 0.25) is 0 Å². The van der Waals surface area contributed by atoms with Crippen LogP contribution in [0.1, 0.15) is 34.1 Å². The second-order valence-electron chi connectivity index (χ2n) is 5.18. The lowest BCUT2D eigenvalue weighted by Crippen LogP contribution is -2.40. The number of carbonyl (C=O) groups excluding carboxylic acids is 2. The van der Waals surface area contributed by atoms with Crippen LogP contribution in [0.25, 0.3) is 0 Å². The van der Waals surface area contributed by atoms with Crippen LogP contribution in [0.3, 0.4) is 0 Å². The van der Waals surface area contributed by atoms with E-state index in [1.54, 1.807) is 0 Å². The Morgan fingerprint density at radius 3 is 2.53 bits per heavy atom. The van der Waals surface area contributed by atoms with Crippen LogP contribution in [0.15, 0.2) is 0 Å². The monoisotopic (exact) mass is 213 g/mol. The van der Waals surface area contributed by atoms with E-state index >= 15 is 0 Å². The van der Waals surface area contributed by atoms with Gasteiger partial charge in [-0.2, -0.15) is 0 Å². The van der Waals surface area contributed by atoms with Crippen LogP contribution in [-0.4, -0.2) is 35.5 Å². The van der Waals surface area contributed by atoms with Gasteiger partial charge in [-0.05, 0) is 33.1 Å². The molecule has 0 unspecified atom stereocenters. The predicted molar refractivity (Wildman–Crippen MR) is 56.6 cm³/mol. The summed E-state index contributed by atoms with van der Waals surface area (Å²) >= 11 is 0. The fourth-order valence-electron chi connectivity index (χ4n) is 1.74. The summed E-state index contributed by atoms with van der Waals surface area (Å²) in [6.45, 7) is 8.10. The minimum absolute atomic E-state index is 0.310. The summed E-state index contributed by atoms with van der Waals surface area (Å²) in [5.74, 6) is 0.368. The molecule has 0 radical (unpaired) electrons. The van der Waals surface area contributed by atoms with Crippen LogP contribution in [0.5, 0.6) is 0 Å². The summed E-state index contributed by atoms with van der Waals surface area (Å²) < 4.78 is 5.23. The Morgan fingerprint density at radius 1 is 1.47 bits per heavy atom. The molecule has 1 rings (SSSR count). The predicted octanol–water partition coefficient (Wildman–Crippen LogP) is 1.83. The van der Waals surface area contributed by atoms with Gasteiger partial charge in [0.1, 0.15) is 11.9 Å². The molecule has 1 aliphatic heterocycles. The van der Waals surface area contributed by atoms with Crippen molar-refractivity contribution in [2.75, 3.05) is 6.54 Å². The van der Waals surface area contributed by atoms with E-state index in [2.05, 4.69) is 0 Å². The molecule has 0 N–H and O–H groups in total. The molecule has 0 aromatic heterocycles. The van der Waals surface area contributed by atoms with Gasteiger partial charge in [-0.3, -0.25) is 4.90 Å². The van der Waals surface area contributed by atoms with Crippen molar-refractivity contribution in [1.29, 1.82) is 0 Å². The maximum Gasteiger partial charge on any atom is 0.410 e. The summed E-state index contributed by atoms with van der Waals surface area (Å²) in [7, 11) is 0. The Bertz CT molecular complexity index is 257. The van der Waals surface area contributed by atoms with Crippen LogP contribution in [-0.2, 0) is 9.53 Å². The molecule has 2 atom stereocenters. The molecule has 0 aliphatic carbocycles. The van der Waals surface area contributed by atoms with E-state index in [4.69, 9.17) is 4.74 Å². The van der Waals surface area contributed by atoms with Crippen molar-refractivity contribution >= 4 is 12.4 Å². The maximum absolute atomic E-state index is 11.7. The highest BCUT2D eigenvalue weighted by Crippen LogP contribution is 2.23. The average molecular weight is 213 g/mol. The van der Waals surface area contributed by atoms with Crippen LogP contribution in [0.2, 0.25) is 0 Å². The summed E-state index contributed by atoms with van der Waals surface area (Å²) in [4.78, 5) is 24.0. The smallest absolute Gasteiger partial charge is 0.410 e. The molecule has 1 saturated heterocycles. The molecule has 4 nitrogen and oxygen atoms in total. The van der Waals surface area contributed by atoms with Crippen molar-refractivity contribution < 1.29 is 14.3 Å². The number of amides is 1. The molecule has 1 amide bonds. The largest absolute Gasteiger partial charge is 0.444 e. The topological polar surface area (TPSA) is 46.6 Å². The highest BCUT2D eigenvalue weighted by molar-refractivity contribution is 5.74. The fraction of sp³-hybridized carbons (Fsp3) is 0.818. The third-order valence-corrected chi connectivity index (χ3v) is 2.34. The van der Waals surface area contributed by atoms with E-state index in [0.717, 1.165) is 12.7 Å². The molecule has 4 heteroatoms. The van der Waals surface area contributed by atoms with Gasteiger partial charge < -0.3 is 9.53 Å². The van der Waals surface area contributed by atoms with E-state index in [1.165, 1.54) is 4.90 Å². The number of likely N-dealkylation sites (tertiary alicyclic amines) is 1. The Kier molecular flexibility index (Phi) is 3.37. The summed E-state index contributed by atoms with van der Waals surface area (Å²) in [5.41, 5.74) is -0.504. The summed E-state index contributed by atoms with van der Waals surface area (Å²) in [6.07, 6.45) is 1.18. The zero-order valence-corrected chi connectivity index (χ0v) is 9.82. The molecular weight excluding hydrogens is 194 g/mol. The first-order valence-electron chi connectivity index (χ1n) is 5.28. The Morgan fingerprint density at radius 2 is 2.07 bits per heavy atom. The highest BCUT2D eigenvalue weighted by Gasteiger charge is 2.35. The molecule has 0 aromatic rings. The first-order chi connectivity index (χ1) is 6.83. The van der Waals surface area contributed by atoms with Gasteiger partial charge in [-0.25, -0.2) is 4.79 Å². The molecule has 15 heavy (non-hydrogen) atoms. The van der Waals surface area contributed by atoms with E-state index in [9.17, 15) is 9.59 Å². The van der Waals surface area contributed by atoms with Crippen molar-refractivity contribution in [3.8, 4) is 0 Å². The Balaban J connectivity index is 2.63. The molecular formula is C11H19NO3. The lowest BCUT2D eigenvalue weighted by molar-refractivity contribution is -0.111. The lowest BCUT2D eigenvalue weighted by Gasteiger charge is -2.26. The molecule has 0 aromatic carbocycles. The van der Waals surface area contributed by atoms with E-state index < -0.39 is 5.60 Å². The lowest BCUT2D eigenvalue weighted by atomic mass is 10.1. The number of hydrogen-bond acceptors (Lipinski definition) is 3. The standard InChI is InChI=1S/C11H19NO3/c1-8-5-9(7-13)12(6-8)10(14)15-11(2,3)4/h7-9H,5-6H2,1-4H3/t8-,9-/m0/s1. The van der Waals surface area contributed by atoms with Gasteiger partial charge in [0, 0.05) is 6.54 Å². The zero-order valence-electron chi connectivity index (χ0n) is 9.82. The number of ether oxygens (including phenoxy) is 1. The fourth-order valence-corrected chi connectivity index (χ4v) is 1.74. The van der Waals surface area contributed by atoms with Gasteiger partial charge in [-0.1, -0.05) is 6.92 Å². The van der Waals surface area contributed by atoms with E-state index in [0.29, 0.717) is 12.5 Å². The van der Waals surface area contributed by atoms with E-state index in [1.807, 2.05) is 27.7 Å². The van der Waals surface area contributed by atoms with Gasteiger partial charge in [0.15, 0.2) is 0 Å². The van der Waals surface area contributed by atoms with Gasteiger partial charge >= 0.3 is 6.09 Å². The van der Waals surface area contributed by atoms with Crippen molar-refractivity contribution in [2.45, 2.75) is 45.8 Å². The third-order valence-electron chi connectivity index (χ3n) is 2.34. The molecule has 86 valence electrons. The van der Waals surface area contributed by atoms with Crippen LogP contribution < -0.4 is 0 Å². The number of nitrogens with zero attached hydrogens (tertiary/aromatic N) is 1.